The van der Waals surface area contributed by atoms with E-state index in [-0.39, 0.29) is 24.5 Å². The van der Waals surface area contributed by atoms with Crippen LogP contribution in [0.1, 0.15) is 109 Å². The smallest absolute Gasteiger partial charge is 0.417 e. The Hall–Kier alpha value is -3.11. The van der Waals surface area contributed by atoms with Gasteiger partial charge in [0.25, 0.3) is 0 Å². The van der Waals surface area contributed by atoms with Crippen LogP contribution < -0.4 is 10.2 Å². The second-order valence-corrected chi connectivity index (χ2v) is 14.9. The molecule has 1 aliphatic heterocycles. The average Bonchev–Trinajstić information content (AvgIpc) is 3.44. The zero-order chi connectivity index (χ0) is 34.1. The van der Waals surface area contributed by atoms with Crippen LogP contribution in [0, 0.1) is 18.3 Å². The van der Waals surface area contributed by atoms with Crippen LogP contribution in [0.15, 0.2) is 35.2 Å². The van der Waals surface area contributed by atoms with Crippen LogP contribution in [0.25, 0.3) is 0 Å². The molecule has 2 aromatic rings. The third-order valence-electron chi connectivity index (χ3n) is 8.56. The van der Waals surface area contributed by atoms with Crippen molar-refractivity contribution < 1.29 is 31.5 Å². The standard InChI is InChI=1S/C19H22F3N3O4S.C14H26N2/c1-11(2)25-17(8-12(3)23-25)24-10-13(9-15(24)18(26)27)30(28,29)16-7-5-4-6-14(16)19(20,21)22;1-2-3-4-5-6-7-8-9-12-16-14(13-15)10-11-14/h4-8,11,13,15H,9-10H2,1-3H3,(H,26,27);16H,2-12H2,1H3/t13-,15+;/m1./s1. The summed E-state index contributed by atoms with van der Waals surface area (Å²) in [5, 5.41) is 24.9. The van der Waals surface area contributed by atoms with E-state index in [1.807, 2.05) is 13.8 Å². The van der Waals surface area contributed by atoms with E-state index in [0.29, 0.717) is 17.6 Å². The quantitative estimate of drug-likeness (QED) is 0.193. The molecule has 2 N–H and O–H groups in total. The fraction of sp³-hybridized carbons (Fsp3) is 0.667. The lowest BCUT2D eigenvalue weighted by Crippen LogP contribution is -2.37. The van der Waals surface area contributed by atoms with Gasteiger partial charge in [0.05, 0.1) is 27.5 Å². The minimum Gasteiger partial charge on any atom is -0.480 e. The number of hydrogen-bond acceptors (Lipinski definition) is 7. The number of unbranched alkanes of at least 4 members (excludes halogenated alkanes) is 7. The summed E-state index contributed by atoms with van der Waals surface area (Å²) < 4.78 is 68.0. The molecule has 9 nitrogen and oxygen atoms in total. The Morgan fingerprint density at radius 1 is 1.13 bits per heavy atom. The van der Waals surface area contributed by atoms with Crippen LogP contribution in [-0.2, 0) is 20.8 Å². The average molecular weight is 668 g/mol. The van der Waals surface area contributed by atoms with E-state index in [4.69, 9.17) is 5.26 Å². The Morgan fingerprint density at radius 3 is 2.28 bits per heavy atom. The van der Waals surface area contributed by atoms with Gasteiger partial charge in [0.2, 0.25) is 0 Å². The molecule has 1 aromatic heterocycles. The molecule has 2 fully saturated rings. The van der Waals surface area contributed by atoms with E-state index in [9.17, 15) is 31.5 Å². The Balaban J connectivity index is 0.000000304. The molecule has 1 aliphatic carbocycles. The monoisotopic (exact) mass is 667 g/mol. The first-order valence-electron chi connectivity index (χ1n) is 16.3. The highest BCUT2D eigenvalue weighted by molar-refractivity contribution is 7.92. The number of carbonyl (C=O) groups is 1. The molecular weight excluding hydrogens is 619 g/mol. The van der Waals surface area contributed by atoms with Gasteiger partial charge in [-0.2, -0.15) is 23.5 Å². The molecular formula is C33H48F3N5O4S. The maximum Gasteiger partial charge on any atom is 0.417 e. The van der Waals surface area contributed by atoms with Crippen LogP contribution in [0.4, 0.5) is 19.0 Å². The molecule has 256 valence electrons. The fourth-order valence-electron chi connectivity index (χ4n) is 5.78. The van der Waals surface area contributed by atoms with Gasteiger partial charge in [-0.15, -0.1) is 0 Å². The second kappa shape index (κ2) is 16.1. The van der Waals surface area contributed by atoms with Crippen molar-refractivity contribution in [1.82, 2.24) is 15.1 Å². The molecule has 1 saturated carbocycles. The first kappa shape index (κ1) is 37.3. The van der Waals surface area contributed by atoms with E-state index in [1.165, 1.54) is 62.3 Å². The molecule has 2 aliphatic rings. The van der Waals surface area contributed by atoms with E-state index >= 15 is 0 Å². The van der Waals surface area contributed by atoms with E-state index in [2.05, 4.69) is 23.4 Å². The minimum absolute atomic E-state index is 0.110. The summed E-state index contributed by atoms with van der Waals surface area (Å²) in [6.45, 7) is 8.45. The summed E-state index contributed by atoms with van der Waals surface area (Å²) in [5.74, 6) is -0.817. The zero-order valence-electron chi connectivity index (χ0n) is 27.3. The highest BCUT2D eigenvalue weighted by Crippen LogP contribution is 2.39. The van der Waals surface area contributed by atoms with Gasteiger partial charge in [0.15, 0.2) is 9.84 Å². The van der Waals surface area contributed by atoms with E-state index < -0.39 is 43.7 Å². The van der Waals surface area contributed by atoms with Gasteiger partial charge >= 0.3 is 12.1 Å². The number of carboxylic acid groups (broad SMARTS) is 1. The number of anilines is 1. The second-order valence-electron chi connectivity index (χ2n) is 12.7. The number of nitriles is 1. The summed E-state index contributed by atoms with van der Waals surface area (Å²) in [6, 6.07) is 6.67. The lowest BCUT2D eigenvalue weighted by atomic mass is 10.1. The number of benzene rings is 1. The van der Waals surface area contributed by atoms with Crippen molar-refractivity contribution in [1.29, 1.82) is 5.26 Å². The Bertz CT molecular complexity index is 1450. The van der Waals surface area contributed by atoms with Crippen molar-refractivity contribution in [2.24, 2.45) is 0 Å². The van der Waals surface area contributed by atoms with Crippen molar-refractivity contribution in [2.45, 2.75) is 132 Å². The van der Waals surface area contributed by atoms with Gasteiger partial charge in [-0.3, -0.25) is 5.32 Å². The number of carboxylic acids is 1. The van der Waals surface area contributed by atoms with Gasteiger partial charge in [0, 0.05) is 18.7 Å². The molecule has 13 heteroatoms. The summed E-state index contributed by atoms with van der Waals surface area (Å²) in [5.41, 5.74) is -0.740. The number of nitrogens with zero attached hydrogens (tertiary/aromatic N) is 4. The van der Waals surface area contributed by atoms with Crippen molar-refractivity contribution in [3.8, 4) is 6.07 Å². The van der Waals surface area contributed by atoms with Gasteiger partial charge in [0.1, 0.15) is 17.4 Å². The lowest BCUT2D eigenvalue weighted by molar-refractivity contribution is -0.140. The summed E-state index contributed by atoms with van der Waals surface area (Å²) in [4.78, 5) is 12.4. The van der Waals surface area contributed by atoms with Gasteiger partial charge < -0.3 is 10.0 Å². The van der Waals surface area contributed by atoms with Gasteiger partial charge in [-0.05, 0) is 65.1 Å². The van der Waals surface area contributed by atoms with Gasteiger partial charge in [-0.1, -0.05) is 64.0 Å². The van der Waals surface area contributed by atoms with Crippen LogP contribution in [0.3, 0.4) is 0 Å². The third kappa shape index (κ3) is 9.70. The molecule has 2 heterocycles. The number of aromatic nitrogens is 2. The minimum atomic E-state index is -4.85. The van der Waals surface area contributed by atoms with E-state index in [1.54, 1.807) is 17.7 Å². The van der Waals surface area contributed by atoms with Gasteiger partial charge in [-0.25, -0.2) is 17.9 Å². The molecule has 1 aromatic carbocycles. The number of rotatable bonds is 15. The Kier molecular flexibility index (Phi) is 13.1. The largest absolute Gasteiger partial charge is 0.480 e. The number of alkyl halides is 3. The third-order valence-corrected chi connectivity index (χ3v) is 10.8. The van der Waals surface area contributed by atoms with Crippen molar-refractivity contribution in [3.05, 3.63) is 41.6 Å². The Labute approximate surface area is 271 Å². The SMILES string of the molecule is CCCCCCCCCCNC1(C#N)CC1.Cc1cc(N2C[C@H](S(=O)(=O)c3ccccc3C(F)(F)F)C[C@H]2C(=O)O)n(C(C)C)n1. The molecule has 0 bridgehead atoms. The Morgan fingerprint density at radius 2 is 1.74 bits per heavy atom. The van der Waals surface area contributed by atoms with Crippen LogP contribution in [0.2, 0.25) is 0 Å². The van der Waals surface area contributed by atoms with E-state index in [0.717, 1.165) is 31.5 Å². The first-order chi connectivity index (χ1) is 21.7. The number of nitrogens with one attached hydrogen (secondary N) is 1. The molecule has 46 heavy (non-hydrogen) atoms. The van der Waals surface area contributed by atoms with Crippen LogP contribution >= 0.6 is 0 Å². The summed E-state index contributed by atoms with van der Waals surface area (Å²) in [6.07, 6.45) is 7.79. The molecule has 0 unspecified atom stereocenters. The summed E-state index contributed by atoms with van der Waals surface area (Å²) >= 11 is 0. The topological polar surface area (TPSA) is 128 Å². The number of halogens is 3. The maximum absolute atomic E-state index is 13.4. The number of hydrogen-bond donors (Lipinski definition) is 2. The molecule has 1 saturated heterocycles. The lowest BCUT2D eigenvalue weighted by Gasteiger charge is -2.25. The molecule has 4 rings (SSSR count). The molecule has 0 amide bonds. The number of aryl methyl sites for hydroxylation is 1. The van der Waals surface area contributed by atoms with Crippen molar-refractivity contribution in [3.63, 3.8) is 0 Å². The molecule has 0 spiro atoms. The van der Waals surface area contributed by atoms with Crippen molar-refractivity contribution >= 4 is 21.6 Å². The fourth-order valence-corrected chi connectivity index (χ4v) is 7.69. The number of aliphatic carboxylic acids is 1. The number of sulfone groups is 1. The highest BCUT2D eigenvalue weighted by Gasteiger charge is 2.47. The maximum atomic E-state index is 13.4. The van der Waals surface area contributed by atoms with Crippen molar-refractivity contribution in [2.75, 3.05) is 18.0 Å². The highest BCUT2D eigenvalue weighted by atomic mass is 32.2. The predicted molar refractivity (Wildman–Crippen MR) is 171 cm³/mol. The van der Waals surface area contributed by atoms with Crippen LogP contribution in [0.5, 0.6) is 0 Å². The first-order valence-corrected chi connectivity index (χ1v) is 17.8. The molecule has 2 atom stereocenters. The molecule has 0 radical (unpaired) electrons. The summed E-state index contributed by atoms with van der Waals surface area (Å²) in [7, 11) is -4.44. The normalized spacial score (nSPS) is 19.1. The zero-order valence-corrected chi connectivity index (χ0v) is 28.1. The predicted octanol–water partition coefficient (Wildman–Crippen LogP) is 7.07. The van der Waals surface area contributed by atoms with Crippen LogP contribution in [-0.4, -0.2) is 59.2 Å².